The Bertz CT molecular complexity index is 764. The second-order valence-electron chi connectivity index (χ2n) is 6.84. The maximum Gasteiger partial charge on any atom is 0.242 e. The highest BCUT2D eigenvalue weighted by atomic mass is 16.5. The van der Waals surface area contributed by atoms with E-state index in [1.807, 2.05) is 31.2 Å². The van der Waals surface area contributed by atoms with E-state index in [2.05, 4.69) is 20.6 Å². The number of amides is 1. The number of H-pyrrole nitrogens is 1. The van der Waals surface area contributed by atoms with Crippen molar-refractivity contribution >= 4 is 11.6 Å². The first-order valence-electron chi connectivity index (χ1n) is 9.05. The highest BCUT2D eigenvalue weighted by Crippen LogP contribution is 2.42. The lowest BCUT2D eigenvalue weighted by Gasteiger charge is -2.38. The minimum absolute atomic E-state index is 0.0290. The SMILES string of the molecule is CCOc1ccccc1NC(=O)[C@@H]1Cc2[nH]cnc2C2(CCCC2)N1. The summed E-state index contributed by atoms with van der Waals surface area (Å²) in [4.78, 5) is 20.7. The van der Waals surface area contributed by atoms with Crippen LogP contribution in [0.25, 0.3) is 0 Å². The molecule has 1 fully saturated rings. The molecule has 2 heterocycles. The lowest BCUT2D eigenvalue weighted by atomic mass is 9.84. The van der Waals surface area contributed by atoms with Gasteiger partial charge in [0.1, 0.15) is 5.75 Å². The Morgan fingerprint density at radius 2 is 2.16 bits per heavy atom. The molecule has 0 bridgehead atoms. The number of hydrogen-bond donors (Lipinski definition) is 3. The van der Waals surface area contributed by atoms with E-state index in [9.17, 15) is 4.79 Å². The summed E-state index contributed by atoms with van der Waals surface area (Å²) in [5, 5.41) is 6.64. The number of hydrogen-bond acceptors (Lipinski definition) is 4. The van der Waals surface area contributed by atoms with Crippen LogP contribution in [0.5, 0.6) is 5.75 Å². The monoisotopic (exact) mass is 340 g/mol. The van der Waals surface area contributed by atoms with Crippen LogP contribution in [0.3, 0.4) is 0 Å². The van der Waals surface area contributed by atoms with Crippen LogP contribution in [0.4, 0.5) is 5.69 Å². The zero-order chi connectivity index (χ0) is 17.3. The Balaban J connectivity index is 1.56. The summed E-state index contributed by atoms with van der Waals surface area (Å²) in [6.07, 6.45) is 6.77. The highest BCUT2D eigenvalue weighted by Gasteiger charge is 2.45. The molecule has 2 aromatic rings. The van der Waals surface area contributed by atoms with Crippen LogP contribution in [0.1, 0.15) is 44.0 Å². The molecule has 2 aliphatic rings. The number of carbonyl (C=O) groups is 1. The van der Waals surface area contributed by atoms with Gasteiger partial charge in [0.25, 0.3) is 0 Å². The van der Waals surface area contributed by atoms with E-state index in [0.717, 1.165) is 24.2 Å². The molecule has 1 aromatic heterocycles. The maximum atomic E-state index is 12.9. The van der Waals surface area contributed by atoms with Gasteiger partial charge in [0.05, 0.1) is 35.9 Å². The predicted octanol–water partition coefficient (Wildman–Crippen LogP) is 2.73. The Kier molecular flexibility index (Phi) is 4.21. The summed E-state index contributed by atoms with van der Waals surface area (Å²) < 4.78 is 5.61. The smallest absolute Gasteiger partial charge is 0.242 e. The molecule has 6 nitrogen and oxygen atoms in total. The number of nitrogens with one attached hydrogen (secondary N) is 3. The van der Waals surface area contributed by atoms with Gasteiger partial charge < -0.3 is 15.0 Å². The zero-order valence-corrected chi connectivity index (χ0v) is 14.5. The summed E-state index contributed by atoms with van der Waals surface area (Å²) >= 11 is 0. The summed E-state index contributed by atoms with van der Waals surface area (Å²) in [5.41, 5.74) is 2.74. The molecule has 132 valence electrons. The molecule has 1 spiro atoms. The van der Waals surface area contributed by atoms with Gasteiger partial charge in [-0.2, -0.15) is 0 Å². The van der Waals surface area contributed by atoms with Gasteiger partial charge in [0, 0.05) is 12.1 Å². The number of aromatic amines is 1. The average Bonchev–Trinajstić information content (AvgIpc) is 3.27. The molecule has 1 saturated carbocycles. The van der Waals surface area contributed by atoms with E-state index >= 15 is 0 Å². The van der Waals surface area contributed by atoms with E-state index in [-0.39, 0.29) is 17.5 Å². The van der Waals surface area contributed by atoms with Crippen molar-refractivity contribution in [2.75, 3.05) is 11.9 Å². The summed E-state index contributed by atoms with van der Waals surface area (Å²) in [6.45, 7) is 2.50. The number of carbonyl (C=O) groups excluding carboxylic acids is 1. The highest BCUT2D eigenvalue weighted by molar-refractivity contribution is 5.96. The first-order chi connectivity index (χ1) is 12.2. The van der Waals surface area contributed by atoms with Crippen molar-refractivity contribution in [1.82, 2.24) is 15.3 Å². The van der Waals surface area contributed by atoms with Crippen molar-refractivity contribution in [3.8, 4) is 5.75 Å². The molecule has 25 heavy (non-hydrogen) atoms. The van der Waals surface area contributed by atoms with Crippen molar-refractivity contribution in [1.29, 1.82) is 0 Å². The Labute approximate surface area is 147 Å². The Morgan fingerprint density at radius 1 is 1.36 bits per heavy atom. The zero-order valence-electron chi connectivity index (χ0n) is 14.5. The van der Waals surface area contributed by atoms with Crippen LogP contribution < -0.4 is 15.4 Å². The number of rotatable bonds is 4. The number of fused-ring (bicyclic) bond motifs is 2. The molecule has 0 saturated heterocycles. The molecular formula is C19H24N4O2. The number of para-hydroxylation sites is 2. The van der Waals surface area contributed by atoms with Gasteiger partial charge in [-0.15, -0.1) is 0 Å². The normalized spacial score (nSPS) is 21.1. The van der Waals surface area contributed by atoms with Gasteiger partial charge in [-0.05, 0) is 31.9 Å². The van der Waals surface area contributed by atoms with Crippen molar-refractivity contribution in [3.63, 3.8) is 0 Å². The van der Waals surface area contributed by atoms with Gasteiger partial charge in [0.2, 0.25) is 5.91 Å². The van der Waals surface area contributed by atoms with Crippen LogP contribution in [-0.2, 0) is 16.8 Å². The number of imidazole rings is 1. The second-order valence-corrected chi connectivity index (χ2v) is 6.84. The third kappa shape index (κ3) is 2.91. The van der Waals surface area contributed by atoms with Gasteiger partial charge in [0.15, 0.2) is 0 Å². The molecule has 1 aromatic carbocycles. The summed E-state index contributed by atoms with van der Waals surface area (Å²) in [6, 6.07) is 7.28. The topological polar surface area (TPSA) is 79.0 Å². The fourth-order valence-corrected chi connectivity index (χ4v) is 4.14. The van der Waals surface area contributed by atoms with Crippen molar-refractivity contribution in [3.05, 3.63) is 42.0 Å². The number of nitrogens with zero attached hydrogens (tertiary/aromatic N) is 1. The van der Waals surface area contributed by atoms with Crippen molar-refractivity contribution < 1.29 is 9.53 Å². The standard InChI is InChI=1S/C19H24N4O2/c1-2-25-16-8-4-3-7-13(16)22-18(24)15-11-14-17(21-12-20-14)19(23-15)9-5-6-10-19/h3-4,7-8,12,15,23H,2,5-6,9-11H2,1H3,(H,20,21)(H,22,24)/t15-/m0/s1. The molecule has 4 rings (SSSR count). The van der Waals surface area contributed by atoms with Gasteiger partial charge in [-0.1, -0.05) is 25.0 Å². The van der Waals surface area contributed by atoms with Crippen LogP contribution in [0, 0.1) is 0 Å². The largest absolute Gasteiger partial charge is 0.492 e. The quantitative estimate of drug-likeness (QED) is 0.800. The van der Waals surface area contributed by atoms with Crippen LogP contribution in [0.2, 0.25) is 0 Å². The maximum absolute atomic E-state index is 12.9. The number of anilines is 1. The first kappa shape index (κ1) is 16.1. The molecule has 1 amide bonds. The Morgan fingerprint density at radius 3 is 2.96 bits per heavy atom. The number of benzene rings is 1. The minimum atomic E-state index is -0.277. The fraction of sp³-hybridized carbons (Fsp3) is 0.474. The molecule has 6 heteroatoms. The summed E-state index contributed by atoms with van der Waals surface area (Å²) in [5.74, 6) is 0.672. The van der Waals surface area contributed by atoms with E-state index in [1.165, 1.54) is 12.8 Å². The number of ether oxygens (including phenoxy) is 1. The fourth-order valence-electron chi connectivity index (χ4n) is 4.14. The average molecular weight is 340 g/mol. The third-order valence-electron chi connectivity index (χ3n) is 5.25. The van der Waals surface area contributed by atoms with Gasteiger partial charge >= 0.3 is 0 Å². The lowest BCUT2D eigenvalue weighted by Crippen LogP contribution is -2.56. The van der Waals surface area contributed by atoms with Crippen LogP contribution >= 0.6 is 0 Å². The molecule has 0 unspecified atom stereocenters. The third-order valence-corrected chi connectivity index (χ3v) is 5.25. The van der Waals surface area contributed by atoms with Gasteiger partial charge in [-0.3, -0.25) is 10.1 Å². The molecule has 1 aliphatic heterocycles. The molecule has 3 N–H and O–H groups in total. The molecule has 1 atom stereocenters. The molecule has 0 radical (unpaired) electrons. The number of aromatic nitrogens is 2. The van der Waals surface area contributed by atoms with E-state index < -0.39 is 0 Å². The van der Waals surface area contributed by atoms with Crippen LogP contribution in [0.15, 0.2) is 30.6 Å². The molecular weight excluding hydrogens is 316 g/mol. The lowest BCUT2D eigenvalue weighted by molar-refractivity contribution is -0.119. The van der Waals surface area contributed by atoms with Crippen LogP contribution in [-0.4, -0.2) is 28.5 Å². The van der Waals surface area contributed by atoms with Gasteiger partial charge in [-0.25, -0.2) is 4.98 Å². The summed E-state index contributed by atoms with van der Waals surface area (Å²) in [7, 11) is 0. The van der Waals surface area contributed by atoms with E-state index in [4.69, 9.17) is 4.74 Å². The van der Waals surface area contributed by atoms with E-state index in [0.29, 0.717) is 24.5 Å². The first-order valence-corrected chi connectivity index (χ1v) is 9.05. The van der Waals surface area contributed by atoms with Crippen molar-refractivity contribution in [2.45, 2.75) is 50.6 Å². The van der Waals surface area contributed by atoms with Crippen molar-refractivity contribution in [2.24, 2.45) is 0 Å². The second kappa shape index (κ2) is 6.52. The molecule has 1 aliphatic carbocycles. The Hall–Kier alpha value is -2.34. The van der Waals surface area contributed by atoms with E-state index in [1.54, 1.807) is 6.33 Å². The minimum Gasteiger partial charge on any atom is -0.492 e. The predicted molar refractivity (Wildman–Crippen MR) is 95.6 cm³/mol.